The lowest BCUT2D eigenvalue weighted by Crippen LogP contribution is -2.35. The highest BCUT2D eigenvalue weighted by atomic mass is 16.5. The molecule has 0 saturated carbocycles. The normalized spacial score (nSPS) is 21.4. The molecule has 144 valence electrons. The van der Waals surface area contributed by atoms with E-state index >= 15 is 0 Å². The first kappa shape index (κ1) is 17.8. The number of rotatable bonds is 4. The summed E-state index contributed by atoms with van der Waals surface area (Å²) < 4.78 is 19.2. The van der Waals surface area contributed by atoms with E-state index in [4.69, 9.17) is 21.7 Å². The lowest BCUT2D eigenvalue weighted by molar-refractivity contribution is -0.0366. The van der Waals surface area contributed by atoms with E-state index in [1.165, 1.54) is 0 Å². The van der Waals surface area contributed by atoms with E-state index in [9.17, 15) is 0 Å². The maximum Gasteiger partial charge on any atom is 0.248 e. The second kappa shape index (κ2) is 7.65. The Kier molecular flexibility index (Phi) is 4.88. The second-order valence-electron chi connectivity index (χ2n) is 7.30. The van der Waals surface area contributed by atoms with E-state index in [2.05, 4.69) is 20.2 Å². The SMILES string of the molecule is [B]c1cc(-c2nnc(CN3CCOCC3)o2)c2cnn(C3CCCCO3)c2c1. The molecule has 1 atom stereocenters. The molecule has 1 aromatic carbocycles. The Labute approximate surface area is 164 Å². The highest BCUT2D eigenvalue weighted by Gasteiger charge is 2.22. The van der Waals surface area contributed by atoms with E-state index in [0.717, 1.165) is 68.6 Å². The largest absolute Gasteiger partial charge is 0.419 e. The lowest BCUT2D eigenvalue weighted by Gasteiger charge is -2.24. The quantitative estimate of drug-likeness (QED) is 0.635. The van der Waals surface area contributed by atoms with Gasteiger partial charge in [0.2, 0.25) is 11.8 Å². The van der Waals surface area contributed by atoms with Crippen LogP contribution in [0.4, 0.5) is 0 Å². The Morgan fingerprint density at radius 2 is 2.00 bits per heavy atom. The predicted octanol–water partition coefficient (Wildman–Crippen LogP) is 1.41. The molecule has 3 aromatic rings. The van der Waals surface area contributed by atoms with Crippen molar-refractivity contribution in [1.82, 2.24) is 24.9 Å². The van der Waals surface area contributed by atoms with E-state index < -0.39 is 0 Å². The third kappa shape index (κ3) is 3.45. The van der Waals surface area contributed by atoms with Crippen molar-refractivity contribution in [1.29, 1.82) is 0 Å². The van der Waals surface area contributed by atoms with Crippen LogP contribution in [0.2, 0.25) is 0 Å². The van der Waals surface area contributed by atoms with Crippen molar-refractivity contribution in [3.63, 3.8) is 0 Å². The zero-order valence-corrected chi connectivity index (χ0v) is 15.7. The summed E-state index contributed by atoms with van der Waals surface area (Å²) in [6.07, 6.45) is 4.95. The molecule has 2 fully saturated rings. The van der Waals surface area contributed by atoms with E-state index in [0.29, 0.717) is 23.8 Å². The summed E-state index contributed by atoms with van der Waals surface area (Å²) in [5.74, 6) is 1.06. The molecular formula is C19H22BN5O3. The second-order valence-corrected chi connectivity index (χ2v) is 7.30. The molecule has 0 aliphatic carbocycles. The van der Waals surface area contributed by atoms with Gasteiger partial charge in [-0.1, -0.05) is 11.5 Å². The van der Waals surface area contributed by atoms with Gasteiger partial charge in [-0.15, -0.1) is 10.2 Å². The minimum Gasteiger partial charge on any atom is -0.419 e. The molecule has 5 rings (SSSR count). The smallest absolute Gasteiger partial charge is 0.248 e. The fourth-order valence-corrected chi connectivity index (χ4v) is 3.87. The molecule has 2 saturated heterocycles. The first-order chi connectivity index (χ1) is 13.8. The molecule has 2 aromatic heterocycles. The van der Waals surface area contributed by atoms with Crippen molar-refractivity contribution in [2.75, 3.05) is 32.9 Å². The summed E-state index contributed by atoms with van der Waals surface area (Å²) >= 11 is 0. The van der Waals surface area contributed by atoms with Crippen molar-refractivity contribution in [3.8, 4) is 11.5 Å². The number of benzene rings is 1. The molecule has 0 bridgehead atoms. The summed E-state index contributed by atoms with van der Waals surface area (Å²) in [5, 5.41) is 14.0. The van der Waals surface area contributed by atoms with E-state index in [1.54, 1.807) is 0 Å². The number of aromatic nitrogens is 4. The van der Waals surface area contributed by atoms with Crippen molar-refractivity contribution >= 4 is 24.2 Å². The first-order valence-corrected chi connectivity index (χ1v) is 9.79. The number of hydrogen-bond donors (Lipinski definition) is 0. The Bertz CT molecular complexity index is 960. The maximum absolute atomic E-state index is 6.18. The van der Waals surface area contributed by atoms with Crippen LogP contribution < -0.4 is 5.46 Å². The number of ether oxygens (including phenoxy) is 2. The van der Waals surface area contributed by atoms with Gasteiger partial charge in [0.15, 0.2) is 6.23 Å². The topological polar surface area (TPSA) is 78.4 Å². The Hall–Kier alpha value is -2.23. The summed E-state index contributed by atoms with van der Waals surface area (Å²) in [6, 6.07) is 3.79. The monoisotopic (exact) mass is 379 g/mol. The van der Waals surface area contributed by atoms with Gasteiger partial charge in [-0.3, -0.25) is 4.90 Å². The molecule has 8 nitrogen and oxygen atoms in total. The molecule has 2 aliphatic rings. The van der Waals surface area contributed by atoms with Crippen molar-refractivity contribution in [2.24, 2.45) is 0 Å². The minimum atomic E-state index is -0.0551. The van der Waals surface area contributed by atoms with Crippen LogP contribution in [0, 0.1) is 0 Å². The Morgan fingerprint density at radius 3 is 2.82 bits per heavy atom. The van der Waals surface area contributed by atoms with Crippen LogP contribution in [0.3, 0.4) is 0 Å². The highest BCUT2D eigenvalue weighted by Crippen LogP contribution is 2.31. The van der Waals surface area contributed by atoms with Crippen LogP contribution in [-0.2, 0) is 16.0 Å². The summed E-state index contributed by atoms with van der Waals surface area (Å²) in [7, 11) is 6.18. The molecule has 9 heteroatoms. The molecule has 0 amide bonds. The fourth-order valence-electron chi connectivity index (χ4n) is 3.87. The van der Waals surface area contributed by atoms with Gasteiger partial charge in [-0.2, -0.15) is 5.10 Å². The Morgan fingerprint density at radius 1 is 1.11 bits per heavy atom. The summed E-state index contributed by atoms with van der Waals surface area (Å²) in [6.45, 7) is 4.59. The number of nitrogens with zero attached hydrogens (tertiary/aromatic N) is 5. The van der Waals surface area contributed by atoms with Crippen LogP contribution in [0.25, 0.3) is 22.4 Å². The standard InChI is InChI=1S/C19H22BN5O3/c20-13-9-14(19-23-22-17(28-19)12-24-4-7-26-8-5-24)15-11-21-25(16(15)10-13)18-3-1-2-6-27-18/h9-11,18H,1-8,12H2. The first-order valence-electron chi connectivity index (χ1n) is 9.79. The van der Waals surface area contributed by atoms with Gasteiger partial charge in [0.05, 0.1) is 31.5 Å². The van der Waals surface area contributed by atoms with Crippen LogP contribution in [0.5, 0.6) is 0 Å². The summed E-state index contributed by atoms with van der Waals surface area (Å²) in [4.78, 5) is 2.24. The zero-order chi connectivity index (χ0) is 18.9. The average molecular weight is 379 g/mol. The van der Waals surface area contributed by atoms with Crippen molar-refractivity contribution in [2.45, 2.75) is 32.0 Å². The Balaban J connectivity index is 1.46. The van der Waals surface area contributed by atoms with Gasteiger partial charge in [0, 0.05) is 30.6 Å². The van der Waals surface area contributed by atoms with Gasteiger partial charge >= 0.3 is 0 Å². The van der Waals surface area contributed by atoms with Gasteiger partial charge in [-0.25, -0.2) is 4.68 Å². The minimum absolute atomic E-state index is 0.0551. The van der Waals surface area contributed by atoms with Gasteiger partial charge in [0.1, 0.15) is 7.85 Å². The highest BCUT2D eigenvalue weighted by molar-refractivity contribution is 6.33. The van der Waals surface area contributed by atoms with Crippen LogP contribution in [-0.4, -0.2) is 65.6 Å². The molecule has 2 aliphatic heterocycles. The third-order valence-corrected chi connectivity index (χ3v) is 5.33. The van der Waals surface area contributed by atoms with Crippen molar-refractivity contribution in [3.05, 3.63) is 24.2 Å². The molecule has 2 radical (unpaired) electrons. The molecule has 0 N–H and O–H groups in total. The lowest BCUT2D eigenvalue weighted by atomic mass is 9.92. The van der Waals surface area contributed by atoms with Gasteiger partial charge in [-0.05, 0) is 25.3 Å². The van der Waals surface area contributed by atoms with Gasteiger partial charge < -0.3 is 13.9 Å². The number of hydrogen-bond acceptors (Lipinski definition) is 7. The molecule has 1 unspecified atom stereocenters. The fraction of sp³-hybridized carbons (Fsp3) is 0.526. The molecule has 0 spiro atoms. The average Bonchev–Trinajstić information content (AvgIpc) is 3.36. The molecule has 28 heavy (non-hydrogen) atoms. The number of morpholine rings is 1. The zero-order valence-electron chi connectivity index (χ0n) is 15.7. The van der Waals surface area contributed by atoms with Crippen LogP contribution >= 0.6 is 0 Å². The van der Waals surface area contributed by atoms with Crippen LogP contribution in [0.15, 0.2) is 22.7 Å². The number of fused-ring (bicyclic) bond motifs is 1. The van der Waals surface area contributed by atoms with Crippen LogP contribution in [0.1, 0.15) is 31.4 Å². The molecule has 4 heterocycles. The maximum atomic E-state index is 6.18. The van der Waals surface area contributed by atoms with Crippen molar-refractivity contribution < 1.29 is 13.9 Å². The summed E-state index contributed by atoms with van der Waals surface area (Å²) in [5.41, 5.74) is 2.36. The third-order valence-electron chi connectivity index (χ3n) is 5.33. The molecular weight excluding hydrogens is 357 g/mol. The van der Waals surface area contributed by atoms with E-state index in [-0.39, 0.29) is 6.23 Å². The predicted molar refractivity (Wildman–Crippen MR) is 103 cm³/mol. The van der Waals surface area contributed by atoms with Gasteiger partial charge in [0.25, 0.3) is 0 Å². The van der Waals surface area contributed by atoms with E-state index in [1.807, 2.05) is 23.0 Å².